The van der Waals surface area contributed by atoms with E-state index < -0.39 is 15.4 Å². The molecule has 2 fully saturated rings. The number of rotatable bonds is 0. The third kappa shape index (κ3) is 1.70. The highest BCUT2D eigenvalue weighted by Crippen LogP contribution is 2.36. The molecule has 0 unspecified atom stereocenters. The fourth-order valence-corrected chi connectivity index (χ4v) is 3.51. The summed E-state index contributed by atoms with van der Waals surface area (Å²) in [5, 5.41) is 0. The molecule has 0 bridgehead atoms. The Labute approximate surface area is 77.2 Å². The smallest absolute Gasteiger partial charge is 0.306 e. The van der Waals surface area contributed by atoms with Crippen molar-refractivity contribution in [1.29, 1.82) is 0 Å². The number of hydrogen-bond acceptors (Lipinski definition) is 4. The van der Waals surface area contributed by atoms with Crippen LogP contribution in [0, 0.1) is 0 Å². The summed E-state index contributed by atoms with van der Waals surface area (Å²) in [4.78, 5) is 10.9. The van der Waals surface area contributed by atoms with Crippen molar-refractivity contribution >= 4 is 15.8 Å². The van der Waals surface area contributed by atoms with E-state index in [2.05, 4.69) is 0 Å². The zero-order valence-electron chi connectivity index (χ0n) is 7.28. The highest BCUT2D eigenvalue weighted by molar-refractivity contribution is 7.91. The van der Waals surface area contributed by atoms with E-state index in [9.17, 15) is 13.2 Å². The Morgan fingerprint density at radius 2 is 1.77 bits per heavy atom. The van der Waals surface area contributed by atoms with E-state index in [0.29, 0.717) is 25.7 Å². The van der Waals surface area contributed by atoms with Crippen molar-refractivity contribution < 1.29 is 17.9 Å². The molecule has 5 heteroatoms. The largest absolute Gasteiger partial charge is 0.459 e. The standard InChI is InChI=1S/C8H12O4S/c9-7-1-2-8(12-7)3-5-13(10,11)6-4-8/h1-6H2. The van der Waals surface area contributed by atoms with Gasteiger partial charge in [-0.1, -0.05) is 0 Å². The van der Waals surface area contributed by atoms with Gasteiger partial charge in [0.05, 0.1) is 11.5 Å². The third-order valence-corrected chi connectivity index (χ3v) is 4.50. The summed E-state index contributed by atoms with van der Waals surface area (Å²) in [6, 6.07) is 0. The molecule has 2 heterocycles. The van der Waals surface area contributed by atoms with Crippen molar-refractivity contribution in [3.05, 3.63) is 0 Å². The lowest BCUT2D eigenvalue weighted by atomic mass is 9.93. The van der Waals surface area contributed by atoms with Gasteiger partial charge < -0.3 is 4.74 Å². The first-order chi connectivity index (χ1) is 6.02. The Balaban J connectivity index is 2.09. The molecule has 0 saturated carbocycles. The van der Waals surface area contributed by atoms with Crippen LogP contribution in [0.5, 0.6) is 0 Å². The molecule has 2 aliphatic rings. The van der Waals surface area contributed by atoms with Crippen molar-refractivity contribution in [3.63, 3.8) is 0 Å². The lowest BCUT2D eigenvalue weighted by molar-refractivity contribution is -0.149. The van der Waals surface area contributed by atoms with Crippen LogP contribution in [0.2, 0.25) is 0 Å². The van der Waals surface area contributed by atoms with Gasteiger partial charge in [0.25, 0.3) is 0 Å². The van der Waals surface area contributed by atoms with Gasteiger partial charge in [0, 0.05) is 19.3 Å². The predicted octanol–water partition coefficient (Wildman–Crippen LogP) is 0.271. The second kappa shape index (κ2) is 2.70. The van der Waals surface area contributed by atoms with E-state index in [1.54, 1.807) is 0 Å². The Bertz CT molecular complexity index is 316. The minimum atomic E-state index is -2.85. The van der Waals surface area contributed by atoms with Crippen LogP contribution in [0.3, 0.4) is 0 Å². The average Bonchev–Trinajstić information content (AvgIpc) is 2.41. The van der Waals surface area contributed by atoms with Gasteiger partial charge in [-0.15, -0.1) is 0 Å². The molecule has 1 spiro atoms. The number of esters is 1. The zero-order chi connectivity index (χ0) is 9.53. The van der Waals surface area contributed by atoms with Crippen molar-refractivity contribution in [2.75, 3.05) is 11.5 Å². The molecular formula is C8H12O4S. The summed E-state index contributed by atoms with van der Waals surface area (Å²) in [7, 11) is -2.85. The first-order valence-corrected chi connectivity index (χ1v) is 6.26. The minimum absolute atomic E-state index is 0.167. The van der Waals surface area contributed by atoms with Crippen LogP contribution < -0.4 is 0 Å². The number of carbonyl (C=O) groups is 1. The van der Waals surface area contributed by atoms with Crippen LogP contribution in [-0.2, 0) is 19.4 Å². The van der Waals surface area contributed by atoms with Gasteiger partial charge in [0.1, 0.15) is 5.60 Å². The maximum absolute atomic E-state index is 11.1. The Kier molecular flexibility index (Phi) is 1.87. The third-order valence-electron chi connectivity index (χ3n) is 2.85. The van der Waals surface area contributed by atoms with Crippen molar-refractivity contribution in [3.8, 4) is 0 Å². The van der Waals surface area contributed by atoms with Crippen LogP contribution in [-0.4, -0.2) is 31.5 Å². The molecule has 0 atom stereocenters. The summed E-state index contributed by atoms with van der Waals surface area (Å²) in [5.41, 5.74) is -0.428. The summed E-state index contributed by atoms with van der Waals surface area (Å²) in [6.45, 7) is 0. The van der Waals surface area contributed by atoms with Gasteiger partial charge in [-0.3, -0.25) is 4.79 Å². The van der Waals surface area contributed by atoms with Crippen molar-refractivity contribution in [2.45, 2.75) is 31.3 Å². The number of sulfone groups is 1. The van der Waals surface area contributed by atoms with Crippen LogP contribution in [0.1, 0.15) is 25.7 Å². The van der Waals surface area contributed by atoms with Gasteiger partial charge in [0.15, 0.2) is 9.84 Å². The maximum atomic E-state index is 11.1. The second-order valence-electron chi connectivity index (χ2n) is 3.81. The fraction of sp³-hybridized carbons (Fsp3) is 0.875. The molecule has 0 aliphatic carbocycles. The first-order valence-electron chi connectivity index (χ1n) is 4.44. The van der Waals surface area contributed by atoms with E-state index in [-0.39, 0.29) is 17.5 Å². The Morgan fingerprint density at radius 1 is 1.15 bits per heavy atom. The molecule has 0 amide bonds. The van der Waals surface area contributed by atoms with E-state index in [1.807, 2.05) is 0 Å². The SMILES string of the molecule is O=C1CCC2(CCS(=O)(=O)CC2)O1. The Hall–Kier alpha value is -0.580. The number of carbonyl (C=O) groups excluding carboxylic acids is 1. The summed E-state index contributed by atoms with van der Waals surface area (Å²) in [6.07, 6.45) is 2.11. The quantitative estimate of drug-likeness (QED) is 0.531. The highest BCUT2D eigenvalue weighted by Gasteiger charge is 2.44. The molecule has 2 aliphatic heterocycles. The molecule has 0 aromatic heterocycles. The number of ether oxygens (including phenoxy) is 1. The van der Waals surface area contributed by atoms with Crippen molar-refractivity contribution in [1.82, 2.24) is 0 Å². The molecule has 0 N–H and O–H groups in total. The van der Waals surface area contributed by atoms with Crippen LogP contribution in [0.25, 0.3) is 0 Å². The normalized spacial score (nSPS) is 30.3. The van der Waals surface area contributed by atoms with E-state index >= 15 is 0 Å². The van der Waals surface area contributed by atoms with E-state index in [4.69, 9.17) is 4.74 Å². The van der Waals surface area contributed by atoms with Crippen LogP contribution in [0.15, 0.2) is 0 Å². The van der Waals surface area contributed by atoms with Gasteiger partial charge in [-0.2, -0.15) is 0 Å². The van der Waals surface area contributed by atoms with Crippen molar-refractivity contribution in [2.24, 2.45) is 0 Å². The second-order valence-corrected chi connectivity index (χ2v) is 6.11. The molecule has 2 rings (SSSR count). The van der Waals surface area contributed by atoms with Crippen LogP contribution in [0.4, 0.5) is 0 Å². The monoisotopic (exact) mass is 204 g/mol. The topological polar surface area (TPSA) is 60.4 Å². The molecule has 0 aromatic carbocycles. The van der Waals surface area contributed by atoms with Crippen LogP contribution >= 0.6 is 0 Å². The molecule has 13 heavy (non-hydrogen) atoms. The zero-order valence-corrected chi connectivity index (χ0v) is 8.10. The number of hydrogen-bond donors (Lipinski definition) is 0. The molecule has 0 radical (unpaired) electrons. The van der Waals surface area contributed by atoms with E-state index in [1.165, 1.54) is 0 Å². The molecule has 4 nitrogen and oxygen atoms in total. The lowest BCUT2D eigenvalue weighted by Gasteiger charge is -2.31. The van der Waals surface area contributed by atoms with Gasteiger partial charge in [-0.05, 0) is 6.42 Å². The summed E-state index contributed by atoms with van der Waals surface area (Å²) in [5.74, 6) is 0.153. The molecular weight excluding hydrogens is 192 g/mol. The highest BCUT2D eigenvalue weighted by atomic mass is 32.2. The molecule has 0 aromatic rings. The summed E-state index contributed by atoms with van der Waals surface area (Å²) < 4.78 is 27.4. The van der Waals surface area contributed by atoms with Gasteiger partial charge in [0.2, 0.25) is 0 Å². The van der Waals surface area contributed by atoms with Gasteiger partial charge >= 0.3 is 5.97 Å². The first kappa shape index (κ1) is 8.99. The predicted molar refractivity (Wildman–Crippen MR) is 45.9 cm³/mol. The lowest BCUT2D eigenvalue weighted by Crippen LogP contribution is -2.38. The maximum Gasteiger partial charge on any atom is 0.306 e. The molecule has 2 saturated heterocycles. The average molecular weight is 204 g/mol. The fourth-order valence-electron chi connectivity index (χ4n) is 1.94. The summed E-state index contributed by atoms with van der Waals surface area (Å²) >= 11 is 0. The minimum Gasteiger partial charge on any atom is -0.459 e. The molecule has 74 valence electrons. The van der Waals surface area contributed by atoms with Gasteiger partial charge in [-0.25, -0.2) is 8.42 Å². The van der Waals surface area contributed by atoms with E-state index in [0.717, 1.165) is 0 Å². The Morgan fingerprint density at radius 3 is 2.23 bits per heavy atom.